The summed E-state index contributed by atoms with van der Waals surface area (Å²) in [6, 6.07) is 11.6. The van der Waals surface area contributed by atoms with E-state index >= 15 is 0 Å². The molecule has 2 unspecified atom stereocenters. The fourth-order valence-corrected chi connectivity index (χ4v) is 1.55. The lowest BCUT2D eigenvalue weighted by Gasteiger charge is -2.35. The van der Waals surface area contributed by atoms with Crippen molar-refractivity contribution in [3.05, 3.63) is 30.3 Å². The zero-order valence-electron chi connectivity index (χ0n) is 11.3. The predicted octanol–water partition coefficient (Wildman–Crippen LogP) is 3.87. The van der Waals surface area contributed by atoms with Crippen LogP contribution in [-0.2, 0) is 4.74 Å². The Morgan fingerprint density at radius 2 is 1.89 bits per heavy atom. The summed E-state index contributed by atoms with van der Waals surface area (Å²) in [6.07, 6.45) is 0.668. The van der Waals surface area contributed by atoms with Crippen molar-refractivity contribution in [3.63, 3.8) is 0 Å². The van der Waals surface area contributed by atoms with Crippen molar-refractivity contribution in [2.45, 2.75) is 38.3 Å². The van der Waals surface area contributed by atoms with E-state index < -0.39 is 11.1 Å². The van der Waals surface area contributed by atoms with E-state index in [1.807, 2.05) is 44.2 Å². The van der Waals surface area contributed by atoms with Gasteiger partial charge in [0.15, 0.2) is 5.60 Å². The van der Waals surface area contributed by atoms with Crippen molar-refractivity contribution in [1.82, 2.24) is 0 Å². The lowest BCUT2D eigenvalue weighted by Crippen LogP contribution is -2.48. The number of rotatable bonds is 5. The van der Waals surface area contributed by atoms with Gasteiger partial charge >= 0.3 is 0 Å². The van der Waals surface area contributed by atoms with Crippen LogP contribution < -0.4 is 0 Å². The fraction of sp³-hybridized carbons (Fsp3) is 0.500. The summed E-state index contributed by atoms with van der Waals surface area (Å²) < 4.78 is 5.32. The molecule has 1 rings (SSSR count). The number of methoxy groups -OCH3 is 1. The molecule has 0 saturated carbocycles. The monoisotopic (exact) mass is 245 g/mol. The molecule has 1 aromatic rings. The molecule has 0 heterocycles. The minimum atomic E-state index is -0.986. The van der Waals surface area contributed by atoms with Crippen LogP contribution in [0.15, 0.2) is 40.6 Å². The number of benzene rings is 1. The molecule has 0 aliphatic rings. The summed E-state index contributed by atoms with van der Waals surface area (Å²) in [4.78, 5) is 0. The summed E-state index contributed by atoms with van der Waals surface area (Å²) in [6.45, 7) is 5.59. The molecule has 2 atom stereocenters. The molecule has 0 aliphatic carbocycles. The number of nitrogens with zero attached hydrogens (tertiary/aromatic N) is 3. The van der Waals surface area contributed by atoms with Crippen molar-refractivity contribution in [2.75, 3.05) is 7.11 Å². The van der Waals surface area contributed by atoms with Crippen LogP contribution in [0.4, 0.5) is 5.69 Å². The molecule has 0 fully saturated rings. The van der Waals surface area contributed by atoms with E-state index in [1.54, 1.807) is 6.92 Å². The Morgan fingerprint density at radius 3 is 2.33 bits per heavy atom. The van der Waals surface area contributed by atoms with Crippen LogP contribution in [0.2, 0.25) is 0 Å². The van der Waals surface area contributed by atoms with Crippen LogP contribution in [0.25, 0.3) is 0 Å². The van der Waals surface area contributed by atoms with E-state index in [1.165, 1.54) is 7.11 Å². The maximum absolute atomic E-state index is 9.27. The molecule has 0 spiro atoms. The van der Waals surface area contributed by atoms with Crippen molar-refractivity contribution in [2.24, 2.45) is 10.2 Å². The molecule has 4 heteroatoms. The molecular formula is C14H19N3O. The normalized spacial score (nSPS) is 17.9. The molecule has 0 saturated heterocycles. The Balaban J connectivity index is 3.04. The van der Waals surface area contributed by atoms with Gasteiger partial charge in [0.05, 0.1) is 11.8 Å². The van der Waals surface area contributed by atoms with Gasteiger partial charge in [-0.25, -0.2) is 0 Å². The quantitative estimate of drug-likeness (QED) is 0.739. The van der Waals surface area contributed by atoms with E-state index in [-0.39, 0.29) is 0 Å². The van der Waals surface area contributed by atoms with Gasteiger partial charge in [-0.2, -0.15) is 15.5 Å². The highest BCUT2D eigenvalue weighted by Crippen LogP contribution is 2.33. The van der Waals surface area contributed by atoms with Crippen molar-refractivity contribution in [1.29, 1.82) is 5.26 Å². The number of nitriles is 1. The van der Waals surface area contributed by atoms with E-state index in [0.29, 0.717) is 6.42 Å². The topological polar surface area (TPSA) is 57.7 Å². The Bertz CT molecular complexity index is 452. The first kappa shape index (κ1) is 14.3. The minimum Gasteiger partial charge on any atom is -0.361 e. The molecule has 4 nitrogen and oxygen atoms in total. The lowest BCUT2D eigenvalue weighted by molar-refractivity contribution is -0.00812. The molecule has 18 heavy (non-hydrogen) atoms. The van der Waals surface area contributed by atoms with Crippen molar-refractivity contribution in [3.8, 4) is 6.07 Å². The number of ether oxygens (including phenoxy) is 1. The van der Waals surface area contributed by atoms with Crippen LogP contribution in [0, 0.1) is 11.3 Å². The first-order valence-electron chi connectivity index (χ1n) is 5.95. The fourth-order valence-electron chi connectivity index (χ4n) is 1.55. The highest BCUT2D eigenvalue weighted by molar-refractivity contribution is 5.35. The second-order valence-corrected chi connectivity index (χ2v) is 4.51. The first-order valence-corrected chi connectivity index (χ1v) is 5.95. The molecule has 1 aromatic carbocycles. The second-order valence-electron chi connectivity index (χ2n) is 4.51. The second kappa shape index (κ2) is 5.74. The Hall–Kier alpha value is -1.73. The molecule has 0 amide bonds. The Kier molecular flexibility index (Phi) is 4.57. The highest BCUT2D eigenvalue weighted by atomic mass is 16.5. The largest absolute Gasteiger partial charge is 0.361 e. The predicted molar refractivity (Wildman–Crippen MR) is 70.7 cm³/mol. The van der Waals surface area contributed by atoms with E-state index in [4.69, 9.17) is 4.74 Å². The van der Waals surface area contributed by atoms with Crippen LogP contribution in [0.5, 0.6) is 0 Å². The summed E-state index contributed by atoms with van der Waals surface area (Å²) >= 11 is 0. The molecule has 0 radical (unpaired) electrons. The van der Waals surface area contributed by atoms with Crippen LogP contribution in [0.3, 0.4) is 0 Å². The van der Waals surface area contributed by atoms with Crippen molar-refractivity contribution >= 4 is 5.69 Å². The minimum absolute atomic E-state index is 0.668. The molecule has 0 aromatic heterocycles. The summed E-state index contributed by atoms with van der Waals surface area (Å²) in [5, 5.41) is 17.8. The van der Waals surface area contributed by atoms with Crippen LogP contribution >= 0.6 is 0 Å². The summed E-state index contributed by atoms with van der Waals surface area (Å²) in [5.74, 6) is 0. The van der Waals surface area contributed by atoms with Crippen LogP contribution in [-0.4, -0.2) is 18.2 Å². The highest BCUT2D eigenvalue weighted by Gasteiger charge is 2.45. The van der Waals surface area contributed by atoms with Crippen molar-refractivity contribution < 1.29 is 4.74 Å². The molecule has 0 N–H and O–H groups in total. The maximum Gasteiger partial charge on any atom is 0.177 e. The van der Waals surface area contributed by atoms with E-state index in [0.717, 1.165) is 5.69 Å². The van der Waals surface area contributed by atoms with Gasteiger partial charge in [-0.15, -0.1) is 0 Å². The number of hydrogen-bond donors (Lipinski definition) is 0. The van der Waals surface area contributed by atoms with Gasteiger partial charge in [-0.3, -0.25) is 0 Å². The van der Waals surface area contributed by atoms with Gasteiger partial charge in [0.2, 0.25) is 0 Å². The van der Waals surface area contributed by atoms with Gasteiger partial charge in [-0.1, -0.05) is 25.1 Å². The summed E-state index contributed by atoms with van der Waals surface area (Å²) in [7, 11) is 1.52. The smallest absolute Gasteiger partial charge is 0.177 e. The van der Waals surface area contributed by atoms with Gasteiger partial charge in [-0.05, 0) is 32.4 Å². The van der Waals surface area contributed by atoms with E-state index in [2.05, 4.69) is 16.3 Å². The Morgan fingerprint density at radius 1 is 1.28 bits per heavy atom. The third kappa shape index (κ3) is 2.74. The van der Waals surface area contributed by atoms with Gasteiger partial charge in [0.25, 0.3) is 0 Å². The van der Waals surface area contributed by atoms with Gasteiger partial charge in [0.1, 0.15) is 5.54 Å². The molecule has 0 aliphatic heterocycles. The SMILES string of the molecule is CCC(C)(N=Nc1ccccc1)C(C)(C#N)OC. The standard InChI is InChI=1S/C14H19N3O/c1-5-13(2,14(3,11-15)18-4)17-16-12-9-7-6-8-10-12/h6-10H,5H2,1-4H3. The maximum atomic E-state index is 9.27. The van der Waals surface area contributed by atoms with Gasteiger partial charge in [0, 0.05) is 7.11 Å². The summed E-state index contributed by atoms with van der Waals surface area (Å²) in [5.41, 5.74) is -0.889. The average molecular weight is 245 g/mol. The zero-order chi connectivity index (χ0) is 13.6. The molecule has 0 bridgehead atoms. The third-order valence-electron chi connectivity index (χ3n) is 3.48. The van der Waals surface area contributed by atoms with Gasteiger partial charge < -0.3 is 4.74 Å². The van der Waals surface area contributed by atoms with Crippen LogP contribution in [0.1, 0.15) is 27.2 Å². The lowest BCUT2D eigenvalue weighted by atomic mass is 9.82. The number of hydrogen-bond acceptors (Lipinski definition) is 4. The molecular weight excluding hydrogens is 226 g/mol. The zero-order valence-corrected chi connectivity index (χ0v) is 11.3. The average Bonchev–Trinajstić information content (AvgIpc) is 2.44. The van der Waals surface area contributed by atoms with E-state index in [9.17, 15) is 5.26 Å². The Labute approximate surface area is 108 Å². The molecule has 96 valence electrons. The first-order chi connectivity index (χ1) is 8.51. The third-order valence-corrected chi connectivity index (χ3v) is 3.48. The number of azo groups is 1.